The van der Waals surface area contributed by atoms with Gasteiger partial charge in [-0.15, -0.1) is 35.3 Å². The van der Waals surface area contributed by atoms with Crippen LogP contribution in [0.3, 0.4) is 0 Å². The maximum absolute atomic E-state index is 4.11. The highest BCUT2D eigenvalue weighted by molar-refractivity contribution is 8.03. The van der Waals surface area contributed by atoms with Gasteiger partial charge < -0.3 is 0 Å². The van der Waals surface area contributed by atoms with Crippen molar-refractivity contribution in [1.29, 1.82) is 0 Å². The Morgan fingerprint density at radius 3 is 1.27 bits per heavy atom. The van der Waals surface area contributed by atoms with Crippen molar-refractivity contribution in [1.82, 2.24) is 0 Å². The van der Waals surface area contributed by atoms with Gasteiger partial charge in [0.05, 0.1) is 0 Å². The highest BCUT2D eigenvalue weighted by Crippen LogP contribution is 2.41. The van der Waals surface area contributed by atoms with Crippen LogP contribution < -0.4 is 0 Å². The van der Waals surface area contributed by atoms with Gasteiger partial charge >= 0.3 is 0 Å². The van der Waals surface area contributed by atoms with Crippen molar-refractivity contribution < 1.29 is 0 Å². The molecule has 0 unspecified atom stereocenters. The Hall–Kier alpha value is 0.270. The fourth-order valence-corrected chi connectivity index (χ4v) is 8.46. The van der Waals surface area contributed by atoms with E-state index in [9.17, 15) is 0 Å². The van der Waals surface area contributed by atoms with E-state index in [2.05, 4.69) is 75.1 Å². The lowest BCUT2D eigenvalue weighted by molar-refractivity contribution is 0.626. The molecule has 0 spiro atoms. The predicted molar refractivity (Wildman–Crippen MR) is 177 cm³/mol. The van der Waals surface area contributed by atoms with E-state index >= 15 is 0 Å². The third kappa shape index (κ3) is 19.1. The minimum absolute atomic E-state index is 1.04. The summed E-state index contributed by atoms with van der Waals surface area (Å²) >= 11 is 6.47. The smallest absolute Gasteiger partial charge is 0.0344 e. The van der Waals surface area contributed by atoms with E-state index in [0.717, 1.165) is 6.42 Å². The second kappa shape index (κ2) is 26.5. The van der Waals surface area contributed by atoms with Crippen LogP contribution in [0.4, 0.5) is 0 Å². The van der Waals surface area contributed by atoms with E-state index in [1.165, 1.54) is 146 Å². The summed E-state index contributed by atoms with van der Waals surface area (Å²) in [5.41, 5.74) is 1.54. The maximum Gasteiger partial charge on any atom is 0.0344 e. The molecule has 3 heteroatoms. The first kappa shape index (κ1) is 35.3. The van der Waals surface area contributed by atoms with Crippen molar-refractivity contribution in [2.24, 2.45) is 0 Å². The molecule has 0 N–H and O–H groups in total. The molecule has 0 amide bonds. The summed E-state index contributed by atoms with van der Waals surface area (Å²) in [6.07, 6.45) is 28.4. The van der Waals surface area contributed by atoms with Crippen molar-refractivity contribution in [3.63, 3.8) is 0 Å². The van der Waals surface area contributed by atoms with Gasteiger partial charge in [-0.2, -0.15) is 0 Å². The number of hydrogen-bond donors (Lipinski definition) is 0. The van der Waals surface area contributed by atoms with Crippen molar-refractivity contribution in [2.45, 2.75) is 170 Å². The average molecular weight is 566 g/mol. The second-order valence-corrected chi connectivity index (χ2v) is 14.1. The van der Waals surface area contributed by atoms with Gasteiger partial charge in [0.25, 0.3) is 0 Å². The molecule has 0 aromatic heterocycles. The first-order valence-electron chi connectivity index (χ1n) is 16.1. The number of hydrogen-bond acceptors (Lipinski definition) is 3. The van der Waals surface area contributed by atoms with Crippen molar-refractivity contribution >= 4 is 35.3 Å². The van der Waals surface area contributed by atoms with E-state index in [1.807, 2.05) is 0 Å². The molecule has 0 bridgehead atoms. The Morgan fingerprint density at radius 2 is 0.865 bits per heavy atom. The molecule has 215 valence electrons. The molecule has 1 rings (SSSR count). The van der Waals surface area contributed by atoms with E-state index in [1.54, 1.807) is 20.2 Å². The number of rotatable bonds is 27. The quantitative estimate of drug-likeness (QED) is 0.0769. The Labute approximate surface area is 246 Å². The number of aryl methyl sites for hydroxylation is 1. The molecule has 37 heavy (non-hydrogen) atoms. The van der Waals surface area contributed by atoms with Gasteiger partial charge in [-0.3, -0.25) is 0 Å². The van der Waals surface area contributed by atoms with E-state index in [4.69, 9.17) is 0 Å². The van der Waals surface area contributed by atoms with E-state index in [0.29, 0.717) is 0 Å². The summed E-state index contributed by atoms with van der Waals surface area (Å²) in [5.74, 6) is 3.83. The summed E-state index contributed by atoms with van der Waals surface area (Å²) in [6.45, 7) is 11.0. The fraction of sp³-hybridized carbons (Fsp3) is 0.794. The largest absolute Gasteiger partial charge is 0.125 e. The Bertz CT molecular complexity index is 588. The Kier molecular flexibility index (Phi) is 25.3. The molecule has 0 fully saturated rings. The molecule has 1 aromatic rings. The normalized spacial score (nSPS) is 11.5. The van der Waals surface area contributed by atoms with Gasteiger partial charge in [0.1, 0.15) is 0 Å². The van der Waals surface area contributed by atoms with Crippen LogP contribution in [-0.2, 0) is 6.42 Å². The molecular weight excluding hydrogens is 505 g/mol. The fourth-order valence-electron chi connectivity index (χ4n) is 4.65. The standard InChI is InChI=1S/C34H61S3/c1-5-9-13-16-19-22-26-35-32-29-31(25-12-8-4)30-33(36-27-23-20-17-14-10-6-2)34(32)37-28-24-21-18-15-11-7-3/h29-30H,4-28H2,1-3H3. The third-order valence-corrected chi connectivity index (χ3v) is 10.8. The zero-order valence-corrected chi connectivity index (χ0v) is 27.5. The van der Waals surface area contributed by atoms with Gasteiger partial charge in [-0.05, 0) is 67.1 Å². The van der Waals surface area contributed by atoms with Gasteiger partial charge in [-0.1, -0.05) is 130 Å². The van der Waals surface area contributed by atoms with Gasteiger partial charge in [-0.25, -0.2) is 0 Å². The zero-order valence-electron chi connectivity index (χ0n) is 25.1. The van der Waals surface area contributed by atoms with Crippen molar-refractivity contribution in [3.05, 3.63) is 24.6 Å². The molecule has 0 aliphatic rings. The molecule has 0 saturated carbocycles. The highest BCUT2D eigenvalue weighted by Gasteiger charge is 2.13. The number of unbranched alkanes of at least 4 members (excludes halogenated alkanes) is 16. The molecule has 1 aromatic carbocycles. The summed E-state index contributed by atoms with van der Waals surface area (Å²) in [7, 11) is 0. The monoisotopic (exact) mass is 565 g/mol. The molecule has 0 heterocycles. The lowest BCUT2D eigenvalue weighted by Crippen LogP contribution is -1.95. The lowest BCUT2D eigenvalue weighted by atomic mass is 10.1. The molecule has 0 saturated heterocycles. The Balaban J connectivity index is 2.80. The number of thioether (sulfide) groups is 3. The minimum Gasteiger partial charge on any atom is -0.125 e. The highest BCUT2D eigenvalue weighted by atomic mass is 32.2. The van der Waals surface area contributed by atoms with Crippen molar-refractivity contribution in [3.8, 4) is 0 Å². The lowest BCUT2D eigenvalue weighted by Gasteiger charge is -2.17. The van der Waals surface area contributed by atoms with E-state index < -0.39 is 0 Å². The average Bonchev–Trinajstić information content (AvgIpc) is 2.91. The first-order chi connectivity index (χ1) is 18.3. The Morgan fingerprint density at radius 1 is 0.486 bits per heavy atom. The number of benzene rings is 1. The van der Waals surface area contributed by atoms with E-state index in [-0.39, 0.29) is 0 Å². The van der Waals surface area contributed by atoms with Crippen molar-refractivity contribution in [2.75, 3.05) is 17.3 Å². The molecule has 0 aliphatic carbocycles. The zero-order chi connectivity index (χ0) is 26.8. The molecule has 1 radical (unpaired) electrons. The third-order valence-electron chi connectivity index (χ3n) is 7.05. The molecule has 0 atom stereocenters. The van der Waals surface area contributed by atoms with Crippen LogP contribution in [0.1, 0.15) is 155 Å². The predicted octanol–water partition coefficient (Wildman–Crippen LogP) is 13.2. The minimum atomic E-state index is 1.04. The molecule has 0 aliphatic heterocycles. The second-order valence-electron chi connectivity index (χ2n) is 10.7. The van der Waals surface area contributed by atoms with Gasteiger partial charge in [0.2, 0.25) is 0 Å². The molecule has 0 nitrogen and oxygen atoms in total. The summed E-state index contributed by atoms with van der Waals surface area (Å²) in [6, 6.07) is 5.10. The van der Waals surface area contributed by atoms with Crippen LogP contribution in [0.25, 0.3) is 0 Å². The van der Waals surface area contributed by atoms with Gasteiger partial charge in [0.15, 0.2) is 0 Å². The van der Waals surface area contributed by atoms with Crippen LogP contribution >= 0.6 is 35.3 Å². The summed E-state index contributed by atoms with van der Waals surface area (Å²) in [5, 5.41) is 0. The van der Waals surface area contributed by atoms with Crippen LogP contribution in [0, 0.1) is 6.92 Å². The topological polar surface area (TPSA) is 0 Å². The SMILES string of the molecule is [CH2]CCCc1cc(SCCCCCCCC)c(SCCCCCCCC)c(SCCCCCCCC)c1. The van der Waals surface area contributed by atoms with Crippen LogP contribution in [-0.4, -0.2) is 17.3 Å². The van der Waals surface area contributed by atoms with Crippen LogP contribution in [0.15, 0.2) is 26.8 Å². The maximum atomic E-state index is 4.11. The molecular formula is C34H61S3. The van der Waals surface area contributed by atoms with Crippen LogP contribution in [0.5, 0.6) is 0 Å². The first-order valence-corrected chi connectivity index (χ1v) is 19.1. The summed E-state index contributed by atoms with van der Waals surface area (Å²) < 4.78 is 0. The van der Waals surface area contributed by atoms with Gasteiger partial charge in [0, 0.05) is 14.7 Å². The summed E-state index contributed by atoms with van der Waals surface area (Å²) in [4.78, 5) is 4.77. The van der Waals surface area contributed by atoms with Crippen LogP contribution in [0.2, 0.25) is 0 Å².